The van der Waals surface area contributed by atoms with Crippen LogP contribution in [0.15, 0.2) is 37.0 Å². The van der Waals surface area contributed by atoms with Crippen molar-refractivity contribution in [2.24, 2.45) is 0 Å². The summed E-state index contributed by atoms with van der Waals surface area (Å²) in [6.07, 6.45) is 5.47. The second-order valence-electron chi connectivity index (χ2n) is 1.80. The van der Waals surface area contributed by atoms with E-state index in [1.54, 1.807) is 6.92 Å². The maximum Gasteiger partial charge on any atom is 0.159 e. The quantitative estimate of drug-likeness (QED) is 0.338. The molecule has 0 saturated heterocycles. The molecule has 0 atom stereocenters. The van der Waals surface area contributed by atoms with Crippen molar-refractivity contribution in [3.63, 3.8) is 0 Å². The maximum absolute atomic E-state index is 10.6. The molecule has 0 amide bonds. The third kappa shape index (κ3) is 6.78. The minimum atomic E-state index is 0.121. The second-order valence-corrected chi connectivity index (χ2v) is 1.80. The molecule has 0 fully saturated rings. The molecule has 0 rings (SSSR count). The molecular weight excluding hydrogens is 136 g/mol. The monoisotopic (exact) mass is 152 g/mol. The van der Waals surface area contributed by atoms with Crippen LogP contribution in [0.25, 0.3) is 0 Å². The molecule has 1 heteroatoms. The van der Waals surface area contributed by atoms with Crippen LogP contribution in [0.2, 0.25) is 0 Å². The maximum atomic E-state index is 10.6. The van der Waals surface area contributed by atoms with Crippen molar-refractivity contribution in [3.05, 3.63) is 37.0 Å². The van der Waals surface area contributed by atoms with Gasteiger partial charge >= 0.3 is 0 Å². The molecule has 0 aliphatic carbocycles. The minimum Gasteiger partial charge on any atom is -0.295 e. The first-order chi connectivity index (χ1) is 5.22. The van der Waals surface area contributed by atoms with Crippen molar-refractivity contribution in [2.45, 2.75) is 20.8 Å². The Kier molecular flexibility index (Phi) is 10.1. The molecule has 0 saturated carbocycles. The van der Waals surface area contributed by atoms with Gasteiger partial charge in [-0.05, 0) is 20.8 Å². The SMILES string of the molecule is C/C=C\C(=C/C)C(C)=O.C=C. The summed E-state index contributed by atoms with van der Waals surface area (Å²) in [6, 6.07) is 0. The topological polar surface area (TPSA) is 17.1 Å². The molecule has 1 nitrogen and oxygen atoms in total. The Balaban J connectivity index is 0. The second kappa shape index (κ2) is 8.89. The zero-order valence-corrected chi connectivity index (χ0v) is 7.55. The summed E-state index contributed by atoms with van der Waals surface area (Å²) >= 11 is 0. The third-order valence-electron chi connectivity index (χ3n) is 1.06. The number of hydrogen-bond donors (Lipinski definition) is 0. The van der Waals surface area contributed by atoms with Gasteiger partial charge in [-0.1, -0.05) is 18.2 Å². The van der Waals surface area contributed by atoms with Gasteiger partial charge in [-0.2, -0.15) is 0 Å². The Labute approximate surface area is 69.1 Å². The highest BCUT2D eigenvalue weighted by Crippen LogP contribution is 1.96. The van der Waals surface area contributed by atoms with E-state index in [1.807, 2.05) is 32.1 Å². The van der Waals surface area contributed by atoms with E-state index < -0.39 is 0 Å². The van der Waals surface area contributed by atoms with E-state index in [2.05, 4.69) is 13.2 Å². The van der Waals surface area contributed by atoms with E-state index in [0.29, 0.717) is 0 Å². The minimum absolute atomic E-state index is 0.121. The number of rotatable bonds is 2. The highest BCUT2D eigenvalue weighted by molar-refractivity contribution is 5.95. The number of ketones is 1. The number of allylic oxidation sites excluding steroid dienone is 4. The van der Waals surface area contributed by atoms with Gasteiger partial charge in [-0.15, -0.1) is 13.2 Å². The normalized spacial score (nSPS) is 10.6. The molecule has 0 aromatic rings. The van der Waals surface area contributed by atoms with Crippen molar-refractivity contribution in [2.75, 3.05) is 0 Å². The first kappa shape index (κ1) is 12.6. The van der Waals surface area contributed by atoms with Gasteiger partial charge in [0.25, 0.3) is 0 Å². The standard InChI is InChI=1S/C8H12O.C2H4/c1-4-6-8(5-2)7(3)9;1-2/h4-6H,1-3H3;1-2H2/b6-4-,8-5+;. The van der Waals surface area contributed by atoms with Crippen LogP contribution in [0.3, 0.4) is 0 Å². The average molecular weight is 152 g/mol. The van der Waals surface area contributed by atoms with Crippen LogP contribution in [0.1, 0.15) is 20.8 Å². The molecule has 0 aromatic heterocycles. The lowest BCUT2D eigenvalue weighted by molar-refractivity contribution is -0.113. The molecular formula is C10H16O. The fraction of sp³-hybridized carbons (Fsp3) is 0.300. The van der Waals surface area contributed by atoms with Gasteiger partial charge in [-0.25, -0.2) is 0 Å². The number of carbonyl (C=O) groups is 1. The highest BCUT2D eigenvalue weighted by atomic mass is 16.1. The predicted octanol–water partition coefficient (Wildman–Crippen LogP) is 2.90. The van der Waals surface area contributed by atoms with E-state index in [0.717, 1.165) is 5.57 Å². The Hall–Kier alpha value is -1.11. The van der Waals surface area contributed by atoms with E-state index in [4.69, 9.17) is 0 Å². The lowest BCUT2D eigenvalue weighted by atomic mass is 10.2. The van der Waals surface area contributed by atoms with Gasteiger partial charge in [0.15, 0.2) is 5.78 Å². The zero-order chi connectivity index (χ0) is 9.28. The molecule has 0 bridgehead atoms. The van der Waals surface area contributed by atoms with Gasteiger partial charge in [-0.3, -0.25) is 4.79 Å². The molecule has 0 heterocycles. The Bertz CT molecular complexity index is 164. The zero-order valence-electron chi connectivity index (χ0n) is 7.55. The van der Waals surface area contributed by atoms with E-state index >= 15 is 0 Å². The number of hydrogen-bond acceptors (Lipinski definition) is 1. The Morgan fingerprint density at radius 1 is 1.27 bits per heavy atom. The van der Waals surface area contributed by atoms with Crippen LogP contribution in [0.5, 0.6) is 0 Å². The number of Topliss-reactive ketones (excluding diaryl/α,β-unsaturated/α-hetero) is 1. The molecule has 11 heavy (non-hydrogen) atoms. The summed E-state index contributed by atoms with van der Waals surface area (Å²) in [6.45, 7) is 11.3. The first-order valence-electron chi connectivity index (χ1n) is 3.52. The first-order valence-corrected chi connectivity index (χ1v) is 3.52. The van der Waals surface area contributed by atoms with E-state index in [9.17, 15) is 4.79 Å². The van der Waals surface area contributed by atoms with E-state index in [-0.39, 0.29) is 5.78 Å². The fourth-order valence-electron chi connectivity index (χ4n) is 0.596. The lowest BCUT2D eigenvalue weighted by Crippen LogP contribution is -1.90. The largest absolute Gasteiger partial charge is 0.295 e. The molecule has 0 spiro atoms. The van der Waals surface area contributed by atoms with Crippen LogP contribution in [0.4, 0.5) is 0 Å². The third-order valence-corrected chi connectivity index (χ3v) is 1.06. The van der Waals surface area contributed by atoms with Crippen molar-refractivity contribution < 1.29 is 4.79 Å². The van der Waals surface area contributed by atoms with Crippen molar-refractivity contribution in [1.82, 2.24) is 0 Å². The van der Waals surface area contributed by atoms with Gasteiger partial charge in [0, 0.05) is 5.57 Å². The van der Waals surface area contributed by atoms with Gasteiger partial charge in [0.2, 0.25) is 0 Å². The average Bonchev–Trinajstić information content (AvgIpc) is 2.03. The summed E-state index contributed by atoms with van der Waals surface area (Å²) in [5.74, 6) is 0.121. The van der Waals surface area contributed by atoms with Crippen LogP contribution >= 0.6 is 0 Å². The van der Waals surface area contributed by atoms with Crippen molar-refractivity contribution >= 4 is 5.78 Å². The highest BCUT2D eigenvalue weighted by Gasteiger charge is 1.93. The van der Waals surface area contributed by atoms with Crippen LogP contribution in [-0.2, 0) is 4.79 Å². The van der Waals surface area contributed by atoms with Crippen LogP contribution in [0, 0.1) is 0 Å². The lowest BCUT2D eigenvalue weighted by Gasteiger charge is -1.89. The van der Waals surface area contributed by atoms with Crippen molar-refractivity contribution in [3.8, 4) is 0 Å². The Morgan fingerprint density at radius 2 is 1.73 bits per heavy atom. The van der Waals surface area contributed by atoms with Crippen LogP contribution < -0.4 is 0 Å². The Morgan fingerprint density at radius 3 is 1.82 bits per heavy atom. The summed E-state index contributed by atoms with van der Waals surface area (Å²) in [7, 11) is 0. The summed E-state index contributed by atoms with van der Waals surface area (Å²) in [5.41, 5.74) is 0.775. The van der Waals surface area contributed by atoms with Crippen molar-refractivity contribution in [1.29, 1.82) is 0 Å². The summed E-state index contributed by atoms with van der Waals surface area (Å²) < 4.78 is 0. The molecule has 62 valence electrons. The van der Waals surface area contributed by atoms with Gasteiger partial charge < -0.3 is 0 Å². The van der Waals surface area contributed by atoms with Crippen LogP contribution in [-0.4, -0.2) is 5.78 Å². The van der Waals surface area contributed by atoms with E-state index in [1.165, 1.54) is 0 Å². The summed E-state index contributed by atoms with van der Waals surface area (Å²) in [4.78, 5) is 10.6. The van der Waals surface area contributed by atoms with Gasteiger partial charge in [0.05, 0.1) is 0 Å². The predicted molar refractivity (Wildman–Crippen MR) is 50.5 cm³/mol. The molecule has 0 aromatic carbocycles. The smallest absolute Gasteiger partial charge is 0.159 e. The van der Waals surface area contributed by atoms with Gasteiger partial charge in [0.1, 0.15) is 0 Å². The molecule has 0 unspecified atom stereocenters. The number of carbonyl (C=O) groups excluding carboxylic acids is 1. The molecule has 0 aliphatic rings. The molecule has 0 radical (unpaired) electrons. The fourth-order valence-corrected chi connectivity index (χ4v) is 0.596. The molecule has 0 aliphatic heterocycles. The summed E-state index contributed by atoms with van der Waals surface area (Å²) in [5, 5.41) is 0. The molecule has 0 N–H and O–H groups in total.